The molecule has 0 spiro atoms. The Hall–Kier alpha value is -3.48. The average Bonchev–Trinajstić information content (AvgIpc) is 2.54. The van der Waals surface area contributed by atoms with Crippen molar-refractivity contribution < 1.29 is 34.1 Å². The quantitative estimate of drug-likeness (QED) is 0.618. The van der Waals surface area contributed by atoms with E-state index in [1.807, 2.05) is 0 Å². The first-order valence-corrected chi connectivity index (χ1v) is 6.33. The first-order chi connectivity index (χ1) is 10.9. The van der Waals surface area contributed by atoms with Crippen molar-refractivity contribution in [2.45, 2.75) is 0 Å². The summed E-state index contributed by atoms with van der Waals surface area (Å²) >= 11 is 0. The summed E-state index contributed by atoms with van der Waals surface area (Å²) in [6.45, 7) is 0. The molecule has 0 heterocycles. The Balaban J connectivity index is 2.46. The van der Waals surface area contributed by atoms with E-state index in [1.165, 1.54) is 48.5 Å². The molecule has 23 heavy (non-hydrogen) atoms. The Kier molecular flexibility index (Phi) is 4.51. The highest BCUT2D eigenvalue weighted by molar-refractivity contribution is 6.41. The summed E-state index contributed by atoms with van der Waals surface area (Å²) in [5, 5.41) is 17.6. The van der Waals surface area contributed by atoms with E-state index in [1.54, 1.807) is 0 Å². The molecule has 0 unspecified atom stereocenters. The van der Waals surface area contributed by atoms with E-state index in [4.69, 9.17) is 14.9 Å². The fourth-order valence-electron chi connectivity index (χ4n) is 1.84. The first-order valence-electron chi connectivity index (χ1n) is 6.33. The van der Waals surface area contributed by atoms with Crippen molar-refractivity contribution in [3.8, 4) is 11.5 Å². The van der Waals surface area contributed by atoms with Crippen LogP contribution in [0.25, 0.3) is 0 Å². The molecule has 7 nitrogen and oxygen atoms in total. The van der Waals surface area contributed by atoms with Crippen molar-refractivity contribution in [3.05, 3.63) is 59.7 Å². The van der Waals surface area contributed by atoms with Crippen molar-refractivity contribution in [1.82, 2.24) is 0 Å². The minimum absolute atomic E-state index is 0.0921. The van der Waals surface area contributed by atoms with E-state index in [9.17, 15) is 19.2 Å². The standard InChI is InChI=1S/C16H10O7/c17-13(15(19)20)9-5-1-3-7-11(9)23-12-8-4-2-6-10(12)14(18)16(21)22/h1-8H,(H,19,20)(H,21,22). The predicted octanol–water partition coefficient (Wildman–Crippen LogP) is 2.01. The van der Waals surface area contributed by atoms with Crippen LogP contribution in [0.4, 0.5) is 0 Å². The Morgan fingerprint density at radius 1 is 0.652 bits per heavy atom. The lowest BCUT2D eigenvalue weighted by molar-refractivity contribution is -0.132. The number of aliphatic carboxylic acids is 2. The summed E-state index contributed by atoms with van der Waals surface area (Å²) in [5.74, 6) is -5.85. The van der Waals surface area contributed by atoms with Gasteiger partial charge in [0.1, 0.15) is 11.5 Å². The van der Waals surface area contributed by atoms with Crippen LogP contribution in [-0.4, -0.2) is 33.7 Å². The van der Waals surface area contributed by atoms with Gasteiger partial charge in [0.05, 0.1) is 11.1 Å². The molecule has 2 aromatic carbocycles. The fourth-order valence-corrected chi connectivity index (χ4v) is 1.84. The van der Waals surface area contributed by atoms with Crippen molar-refractivity contribution in [2.75, 3.05) is 0 Å². The fraction of sp³-hybridized carbons (Fsp3) is 0. The van der Waals surface area contributed by atoms with Crippen LogP contribution >= 0.6 is 0 Å². The van der Waals surface area contributed by atoms with Crippen LogP contribution in [0.5, 0.6) is 11.5 Å². The molecular weight excluding hydrogens is 304 g/mol. The average molecular weight is 314 g/mol. The van der Waals surface area contributed by atoms with Gasteiger partial charge in [-0.25, -0.2) is 9.59 Å². The molecular formula is C16H10O7. The van der Waals surface area contributed by atoms with Gasteiger partial charge in [-0.05, 0) is 24.3 Å². The van der Waals surface area contributed by atoms with Gasteiger partial charge in [0, 0.05) is 0 Å². The van der Waals surface area contributed by atoms with Crippen molar-refractivity contribution in [1.29, 1.82) is 0 Å². The van der Waals surface area contributed by atoms with Gasteiger partial charge >= 0.3 is 11.9 Å². The summed E-state index contributed by atoms with van der Waals surface area (Å²) < 4.78 is 5.41. The Bertz CT molecular complexity index is 740. The lowest BCUT2D eigenvalue weighted by Crippen LogP contribution is -2.15. The molecule has 2 aromatic rings. The zero-order chi connectivity index (χ0) is 17.0. The molecule has 0 bridgehead atoms. The third kappa shape index (κ3) is 3.41. The maximum atomic E-state index is 11.6. The minimum atomic E-state index is -1.66. The molecule has 7 heteroatoms. The first kappa shape index (κ1) is 15.9. The Labute approximate surface area is 129 Å². The predicted molar refractivity (Wildman–Crippen MR) is 76.9 cm³/mol. The Morgan fingerprint density at radius 3 is 1.35 bits per heavy atom. The Morgan fingerprint density at radius 2 is 1.00 bits per heavy atom. The topological polar surface area (TPSA) is 118 Å². The van der Waals surface area contributed by atoms with Crippen LogP contribution in [0.3, 0.4) is 0 Å². The van der Waals surface area contributed by atoms with Gasteiger partial charge < -0.3 is 14.9 Å². The van der Waals surface area contributed by atoms with Gasteiger partial charge in [-0.3, -0.25) is 9.59 Å². The molecule has 0 aliphatic carbocycles. The number of ketones is 2. The minimum Gasteiger partial charge on any atom is -0.475 e. The van der Waals surface area contributed by atoms with Gasteiger partial charge in [0.15, 0.2) is 0 Å². The number of para-hydroxylation sites is 2. The monoisotopic (exact) mass is 314 g/mol. The number of carboxylic acids is 2. The highest BCUT2D eigenvalue weighted by atomic mass is 16.5. The smallest absolute Gasteiger partial charge is 0.377 e. The summed E-state index contributed by atoms with van der Waals surface area (Å²) in [6.07, 6.45) is 0. The molecule has 0 aromatic heterocycles. The van der Waals surface area contributed by atoms with Crippen LogP contribution in [0.15, 0.2) is 48.5 Å². The third-order valence-corrected chi connectivity index (χ3v) is 2.87. The molecule has 0 fully saturated rings. The number of carbonyl (C=O) groups is 4. The lowest BCUT2D eigenvalue weighted by atomic mass is 10.1. The van der Waals surface area contributed by atoms with Gasteiger partial charge in [-0.2, -0.15) is 0 Å². The number of benzene rings is 2. The van der Waals surface area contributed by atoms with Crippen LogP contribution in [-0.2, 0) is 9.59 Å². The number of rotatable bonds is 6. The number of carboxylic acid groups (broad SMARTS) is 2. The molecule has 0 amide bonds. The van der Waals surface area contributed by atoms with Crippen LogP contribution < -0.4 is 4.74 Å². The molecule has 2 N–H and O–H groups in total. The zero-order valence-corrected chi connectivity index (χ0v) is 11.6. The van der Waals surface area contributed by atoms with Gasteiger partial charge in [0.2, 0.25) is 0 Å². The van der Waals surface area contributed by atoms with Crippen molar-refractivity contribution >= 4 is 23.5 Å². The number of carbonyl (C=O) groups excluding carboxylic acids is 2. The molecule has 0 aliphatic heterocycles. The van der Waals surface area contributed by atoms with E-state index in [2.05, 4.69) is 0 Å². The molecule has 116 valence electrons. The molecule has 0 atom stereocenters. The van der Waals surface area contributed by atoms with E-state index in [0.29, 0.717) is 0 Å². The second kappa shape index (κ2) is 6.52. The summed E-state index contributed by atoms with van der Waals surface area (Å²) in [4.78, 5) is 44.9. The SMILES string of the molecule is O=C(O)C(=O)c1ccccc1Oc1ccccc1C(=O)C(=O)O. The second-order valence-corrected chi connectivity index (χ2v) is 4.36. The molecule has 0 saturated carbocycles. The highest BCUT2D eigenvalue weighted by Crippen LogP contribution is 2.28. The van der Waals surface area contributed by atoms with Crippen molar-refractivity contribution in [2.24, 2.45) is 0 Å². The van der Waals surface area contributed by atoms with Gasteiger partial charge in [0.25, 0.3) is 11.6 Å². The maximum Gasteiger partial charge on any atom is 0.377 e. The molecule has 0 aliphatic rings. The summed E-state index contributed by atoms with van der Waals surface area (Å²) in [5.41, 5.74) is -0.421. The molecule has 0 saturated heterocycles. The summed E-state index contributed by atoms with van der Waals surface area (Å²) in [6, 6.07) is 11.1. The van der Waals surface area contributed by atoms with Gasteiger partial charge in [-0.15, -0.1) is 0 Å². The van der Waals surface area contributed by atoms with Gasteiger partial charge in [-0.1, -0.05) is 24.3 Å². The van der Waals surface area contributed by atoms with E-state index in [-0.39, 0.29) is 22.6 Å². The number of Topliss-reactive ketones (excluding diaryl/α,β-unsaturated/α-hetero) is 2. The largest absolute Gasteiger partial charge is 0.475 e. The van der Waals surface area contributed by atoms with Crippen LogP contribution in [0, 0.1) is 0 Å². The zero-order valence-electron chi connectivity index (χ0n) is 11.6. The maximum absolute atomic E-state index is 11.6. The van der Waals surface area contributed by atoms with E-state index >= 15 is 0 Å². The number of hydrogen-bond acceptors (Lipinski definition) is 5. The van der Waals surface area contributed by atoms with E-state index in [0.717, 1.165) is 0 Å². The number of ether oxygens (including phenoxy) is 1. The summed E-state index contributed by atoms with van der Waals surface area (Å²) in [7, 11) is 0. The van der Waals surface area contributed by atoms with E-state index < -0.39 is 23.5 Å². The molecule has 2 rings (SSSR count). The lowest BCUT2D eigenvalue weighted by Gasteiger charge is -2.11. The molecule has 0 radical (unpaired) electrons. The van der Waals surface area contributed by atoms with Crippen molar-refractivity contribution in [3.63, 3.8) is 0 Å². The normalized spacial score (nSPS) is 9.91. The third-order valence-electron chi connectivity index (χ3n) is 2.87. The van der Waals surface area contributed by atoms with Crippen LogP contribution in [0.1, 0.15) is 20.7 Å². The van der Waals surface area contributed by atoms with Crippen LogP contribution in [0.2, 0.25) is 0 Å². The highest BCUT2D eigenvalue weighted by Gasteiger charge is 2.22. The second-order valence-electron chi connectivity index (χ2n) is 4.36. The number of hydrogen-bond donors (Lipinski definition) is 2.